The third-order valence-electron chi connectivity index (χ3n) is 5.30. The van der Waals surface area contributed by atoms with Crippen LogP contribution in [0.25, 0.3) is 16.6 Å². The molecular formula is C23H28N6O. The molecule has 7 heteroatoms. The smallest absolute Gasteiger partial charge is 0.274 e. The van der Waals surface area contributed by atoms with Gasteiger partial charge in [-0.1, -0.05) is 41.5 Å². The van der Waals surface area contributed by atoms with E-state index in [1.165, 1.54) is 4.52 Å². The van der Waals surface area contributed by atoms with Crippen LogP contribution in [-0.2, 0) is 17.3 Å². The second-order valence-corrected chi connectivity index (χ2v) is 9.89. The number of nitrogens with zero attached hydrogens (tertiary/aromatic N) is 4. The van der Waals surface area contributed by atoms with Crippen LogP contribution in [0.5, 0.6) is 0 Å². The summed E-state index contributed by atoms with van der Waals surface area (Å²) in [6, 6.07) is 5.56. The Balaban J connectivity index is 1.83. The molecule has 0 saturated carbocycles. The maximum absolute atomic E-state index is 12.6. The molecule has 0 aliphatic rings. The van der Waals surface area contributed by atoms with E-state index in [1.54, 1.807) is 18.5 Å². The molecule has 3 N–H and O–H groups in total. The number of rotatable bonds is 2. The summed E-state index contributed by atoms with van der Waals surface area (Å²) in [6.45, 7) is 12.6. The fourth-order valence-corrected chi connectivity index (χ4v) is 3.85. The first kappa shape index (κ1) is 20.1. The number of nitrogens with two attached hydrogens (primary N) is 1. The van der Waals surface area contributed by atoms with Crippen LogP contribution in [0, 0.1) is 0 Å². The quantitative estimate of drug-likeness (QED) is 0.530. The van der Waals surface area contributed by atoms with Gasteiger partial charge in [0.1, 0.15) is 11.5 Å². The van der Waals surface area contributed by atoms with Gasteiger partial charge >= 0.3 is 0 Å². The normalized spacial score (nSPS) is 12.7. The van der Waals surface area contributed by atoms with E-state index >= 15 is 0 Å². The standard InChI is InChI=1S/C23H28N6O/c1-22(2,3)16-12-26-29-17(30)10-15(28-21(16)29)9-14-8-7-13-11-25-20(24)18(19(13)27-14)23(4,5)6/h7-8,10-12,28H,9H2,1-6H3,(H2,24,25). The molecule has 156 valence electrons. The molecule has 0 aromatic carbocycles. The summed E-state index contributed by atoms with van der Waals surface area (Å²) >= 11 is 0. The first-order chi connectivity index (χ1) is 13.9. The summed E-state index contributed by atoms with van der Waals surface area (Å²) in [4.78, 5) is 25.2. The highest BCUT2D eigenvalue weighted by molar-refractivity contribution is 5.85. The van der Waals surface area contributed by atoms with E-state index in [2.05, 4.69) is 56.6 Å². The van der Waals surface area contributed by atoms with Crippen molar-refractivity contribution in [3.63, 3.8) is 0 Å². The van der Waals surface area contributed by atoms with Crippen LogP contribution in [0.2, 0.25) is 0 Å². The topological polar surface area (TPSA) is 102 Å². The Morgan fingerprint density at radius 1 is 1.07 bits per heavy atom. The summed E-state index contributed by atoms with van der Waals surface area (Å²) in [5, 5.41) is 5.21. The predicted molar refractivity (Wildman–Crippen MR) is 120 cm³/mol. The van der Waals surface area contributed by atoms with Crippen molar-refractivity contribution in [1.29, 1.82) is 0 Å². The maximum atomic E-state index is 12.6. The SMILES string of the molecule is CC(C)(C)c1c(N)ncc2ccc(Cc3cc(=O)n4ncc(C(C)(C)C)c4[nH]3)nc12. The number of aromatic amines is 1. The van der Waals surface area contributed by atoms with Crippen LogP contribution in [0.3, 0.4) is 0 Å². The van der Waals surface area contributed by atoms with Crippen LogP contribution in [-0.4, -0.2) is 24.6 Å². The molecule has 4 heterocycles. The van der Waals surface area contributed by atoms with Crippen LogP contribution >= 0.6 is 0 Å². The molecule has 0 unspecified atom stereocenters. The number of pyridine rings is 2. The number of aromatic nitrogens is 5. The Morgan fingerprint density at radius 2 is 1.80 bits per heavy atom. The number of H-pyrrole nitrogens is 1. The Labute approximate surface area is 175 Å². The molecule has 0 aliphatic carbocycles. The molecule has 4 aromatic heterocycles. The Kier molecular flexibility index (Phi) is 4.45. The number of fused-ring (bicyclic) bond motifs is 2. The summed E-state index contributed by atoms with van der Waals surface area (Å²) in [5.74, 6) is 0.503. The maximum Gasteiger partial charge on any atom is 0.274 e. The first-order valence-corrected chi connectivity index (χ1v) is 10.1. The molecule has 0 saturated heterocycles. The van der Waals surface area contributed by atoms with Crippen molar-refractivity contribution in [1.82, 2.24) is 24.6 Å². The second-order valence-electron chi connectivity index (χ2n) is 9.89. The van der Waals surface area contributed by atoms with Crippen molar-refractivity contribution in [2.24, 2.45) is 0 Å². The zero-order valence-electron chi connectivity index (χ0n) is 18.4. The molecule has 0 fully saturated rings. The van der Waals surface area contributed by atoms with Gasteiger partial charge in [-0.05, 0) is 23.0 Å². The minimum atomic E-state index is -0.186. The predicted octanol–water partition coefficient (Wildman–Crippen LogP) is 3.73. The largest absolute Gasteiger partial charge is 0.383 e. The molecule has 30 heavy (non-hydrogen) atoms. The van der Waals surface area contributed by atoms with Gasteiger partial charge in [0.2, 0.25) is 0 Å². The first-order valence-electron chi connectivity index (χ1n) is 10.1. The zero-order chi connectivity index (χ0) is 21.8. The Hall–Kier alpha value is -3.22. The van der Waals surface area contributed by atoms with E-state index in [-0.39, 0.29) is 16.4 Å². The van der Waals surface area contributed by atoms with Crippen molar-refractivity contribution >= 4 is 22.4 Å². The van der Waals surface area contributed by atoms with Crippen molar-refractivity contribution < 1.29 is 0 Å². The lowest BCUT2D eigenvalue weighted by Gasteiger charge is -2.22. The lowest BCUT2D eigenvalue weighted by molar-refractivity contribution is 0.594. The van der Waals surface area contributed by atoms with Crippen LogP contribution in [0.1, 0.15) is 64.1 Å². The average Bonchev–Trinajstić information content (AvgIpc) is 3.05. The van der Waals surface area contributed by atoms with Crippen LogP contribution in [0.15, 0.2) is 35.4 Å². The number of hydrogen-bond acceptors (Lipinski definition) is 5. The van der Waals surface area contributed by atoms with Crippen molar-refractivity contribution in [2.45, 2.75) is 58.8 Å². The van der Waals surface area contributed by atoms with Gasteiger partial charge in [-0.25, -0.2) is 4.98 Å². The van der Waals surface area contributed by atoms with Gasteiger partial charge < -0.3 is 10.7 Å². The zero-order valence-corrected chi connectivity index (χ0v) is 18.4. The van der Waals surface area contributed by atoms with Crippen LogP contribution < -0.4 is 11.3 Å². The van der Waals surface area contributed by atoms with Gasteiger partial charge in [0.15, 0.2) is 0 Å². The summed E-state index contributed by atoms with van der Waals surface area (Å²) < 4.78 is 1.42. The Morgan fingerprint density at radius 3 is 2.47 bits per heavy atom. The van der Waals surface area contributed by atoms with Gasteiger partial charge in [-0.2, -0.15) is 9.61 Å². The number of anilines is 1. The number of hydrogen-bond donors (Lipinski definition) is 2. The molecule has 0 radical (unpaired) electrons. The molecular weight excluding hydrogens is 376 g/mol. The third-order valence-corrected chi connectivity index (χ3v) is 5.30. The monoisotopic (exact) mass is 404 g/mol. The van der Waals surface area contributed by atoms with Gasteiger partial charge in [-0.3, -0.25) is 9.78 Å². The number of nitrogen functional groups attached to an aromatic ring is 1. The summed E-state index contributed by atoms with van der Waals surface area (Å²) in [7, 11) is 0. The second kappa shape index (κ2) is 6.65. The molecule has 0 atom stereocenters. The van der Waals surface area contributed by atoms with E-state index in [4.69, 9.17) is 10.7 Å². The van der Waals surface area contributed by atoms with Crippen LogP contribution in [0.4, 0.5) is 5.82 Å². The number of nitrogens with one attached hydrogen (secondary N) is 1. The fourth-order valence-electron chi connectivity index (χ4n) is 3.85. The summed E-state index contributed by atoms with van der Waals surface area (Å²) in [6.07, 6.45) is 4.02. The van der Waals surface area contributed by atoms with Gasteiger partial charge in [-0.15, -0.1) is 0 Å². The molecule has 0 spiro atoms. The lowest BCUT2D eigenvalue weighted by Crippen LogP contribution is -2.18. The third kappa shape index (κ3) is 3.44. The minimum Gasteiger partial charge on any atom is -0.383 e. The molecule has 0 aliphatic heterocycles. The summed E-state index contributed by atoms with van der Waals surface area (Å²) in [5.41, 5.74) is 10.9. The Bertz CT molecular complexity index is 1320. The molecule has 0 bridgehead atoms. The highest BCUT2D eigenvalue weighted by Gasteiger charge is 2.23. The fraction of sp³-hybridized carbons (Fsp3) is 0.391. The molecule has 0 amide bonds. The van der Waals surface area contributed by atoms with Crippen molar-refractivity contribution in [3.8, 4) is 0 Å². The van der Waals surface area contributed by atoms with E-state index in [0.29, 0.717) is 12.2 Å². The highest BCUT2D eigenvalue weighted by atomic mass is 16.1. The van der Waals surface area contributed by atoms with E-state index in [9.17, 15) is 4.79 Å². The van der Waals surface area contributed by atoms with Gasteiger partial charge in [0.25, 0.3) is 5.56 Å². The van der Waals surface area contributed by atoms with E-state index in [1.807, 2.05) is 12.1 Å². The van der Waals surface area contributed by atoms with Crippen molar-refractivity contribution in [2.75, 3.05) is 5.73 Å². The van der Waals surface area contributed by atoms with E-state index < -0.39 is 0 Å². The molecule has 4 rings (SSSR count). The average molecular weight is 405 g/mol. The van der Waals surface area contributed by atoms with Gasteiger partial charge in [0, 0.05) is 46.6 Å². The highest BCUT2D eigenvalue weighted by Crippen LogP contribution is 2.32. The van der Waals surface area contributed by atoms with Crippen molar-refractivity contribution in [3.05, 3.63) is 63.5 Å². The molecule has 4 aromatic rings. The van der Waals surface area contributed by atoms with E-state index in [0.717, 1.165) is 39.1 Å². The molecule has 7 nitrogen and oxygen atoms in total. The lowest BCUT2D eigenvalue weighted by atomic mass is 9.86. The van der Waals surface area contributed by atoms with Gasteiger partial charge in [0.05, 0.1) is 11.7 Å². The minimum absolute atomic E-state index is 0.128.